The SMILES string of the molecule is COC(=O)NC(C(=O)N1CCC[C@H]1c1ncc(-c2ccc3c(c2)c(F)c2n3COc3cc(-c4cnc([C@@H]5CCCN5C(=O)[C@@H](NC(=O)OC)C(C)C)[nH]4)cc(F)c3-2)[nH]1)C(C)C. The molecule has 16 nitrogen and oxygen atoms in total. The minimum Gasteiger partial charge on any atom is -0.472 e. The molecule has 0 aliphatic carbocycles. The maximum Gasteiger partial charge on any atom is 0.407 e. The second-order valence-corrected chi connectivity index (χ2v) is 16.4. The lowest BCUT2D eigenvalue weighted by Crippen LogP contribution is -2.51. The van der Waals surface area contributed by atoms with E-state index in [4.69, 9.17) is 14.2 Å². The number of nitrogens with one attached hydrogen (secondary N) is 4. The van der Waals surface area contributed by atoms with E-state index >= 15 is 8.78 Å². The van der Waals surface area contributed by atoms with Gasteiger partial charge in [-0.1, -0.05) is 33.8 Å². The summed E-state index contributed by atoms with van der Waals surface area (Å²) in [5.41, 5.74) is 2.76. The van der Waals surface area contributed by atoms with E-state index in [0.29, 0.717) is 65.6 Å². The summed E-state index contributed by atoms with van der Waals surface area (Å²) in [6, 6.07) is 5.93. The van der Waals surface area contributed by atoms with Gasteiger partial charge >= 0.3 is 12.2 Å². The largest absolute Gasteiger partial charge is 0.472 e. The van der Waals surface area contributed by atoms with Gasteiger partial charge in [0.15, 0.2) is 12.5 Å². The van der Waals surface area contributed by atoms with Gasteiger partial charge in [0.25, 0.3) is 0 Å². The van der Waals surface area contributed by atoms with Gasteiger partial charge in [0.2, 0.25) is 11.8 Å². The summed E-state index contributed by atoms with van der Waals surface area (Å²) in [4.78, 5) is 70.5. The van der Waals surface area contributed by atoms with Crippen molar-refractivity contribution in [1.29, 1.82) is 0 Å². The van der Waals surface area contributed by atoms with Crippen LogP contribution in [0.15, 0.2) is 42.7 Å². The Kier molecular flexibility index (Phi) is 11.2. The fourth-order valence-electron chi connectivity index (χ4n) is 8.77. The quantitative estimate of drug-likeness (QED) is 0.117. The van der Waals surface area contributed by atoms with Crippen molar-refractivity contribution in [2.24, 2.45) is 11.8 Å². The molecule has 0 saturated carbocycles. The summed E-state index contributed by atoms with van der Waals surface area (Å²) in [5.74, 6) is -0.863. The molecule has 3 aromatic heterocycles. The highest BCUT2D eigenvalue weighted by atomic mass is 19.1. The van der Waals surface area contributed by atoms with Crippen molar-refractivity contribution in [1.82, 2.24) is 44.9 Å². The van der Waals surface area contributed by atoms with E-state index in [0.717, 1.165) is 12.8 Å². The number of nitrogens with zero attached hydrogens (tertiary/aromatic N) is 5. The van der Waals surface area contributed by atoms with Gasteiger partial charge in [-0.2, -0.15) is 0 Å². The van der Waals surface area contributed by atoms with Gasteiger partial charge in [0.1, 0.15) is 35.3 Å². The Labute approximate surface area is 350 Å². The van der Waals surface area contributed by atoms with E-state index in [2.05, 4.69) is 30.6 Å². The first-order valence-electron chi connectivity index (χ1n) is 20.5. The predicted molar refractivity (Wildman–Crippen MR) is 219 cm³/mol. The Bertz CT molecular complexity index is 2510. The van der Waals surface area contributed by atoms with Gasteiger partial charge in [-0.25, -0.2) is 28.3 Å². The monoisotopic (exact) mass is 841 g/mol. The number of hydrogen-bond donors (Lipinski definition) is 4. The zero-order valence-electron chi connectivity index (χ0n) is 34.8. The third kappa shape index (κ3) is 7.52. The van der Waals surface area contributed by atoms with Crippen LogP contribution in [0.25, 0.3) is 44.7 Å². The fourth-order valence-corrected chi connectivity index (χ4v) is 8.77. The molecule has 2 fully saturated rings. The predicted octanol–water partition coefficient (Wildman–Crippen LogP) is 6.80. The van der Waals surface area contributed by atoms with Crippen molar-refractivity contribution in [2.75, 3.05) is 27.3 Å². The standard InChI is InChI=1S/C43H49F2N9O7/c1-21(2)35(50-42(57)59-5)40(55)52-13-7-9-30(52)38-46-18-27(48-38)23-11-12-29-25(15-23)34(45)37-33-26(44)16-24(17-32(33)61-20-54(29)37)28-19-47-39(49-28)31-10-8-14-53(31)41(56)36(22(3)4)51-43(58)60-6/h11-12,15-19,21-22,30-31,35-36H,7-10,13-14,20H2,1-6H3,(H,46,48)(H,47,49)(H,50,57)(H,51,58)/t30-,31-,35?,36-/m0/s1. The van der Waals surface area contributed by atoms with Crippen molar-refractivity contribution < 1.29 is 42.2 Å². The van der Waals surface area contributed by atoms with Crippen LogP contribution in [0.2, 0.25) is 0 Å². The first kappa shape index (κ1) is 41.3. The van der Waals surface area contributed by atoms with Gasteiger partial charge in [-0.3, -0.25) is 9.59 Å². The summed E-state index contributed by atoms with van der Waals surface area (Å²) in [5, 5.41) is 5.57. The lowest BCUT2D eigenvalue weighted by atomic mass is 10.0. The van der Waals surface area contributed by atoms with Crippen LogP contribution in [-0.4, -0.2) is 97.7 Å². The molecule has 4 amide bonds. The van der Waals surface area contributed by atoms with E-state index < -0.39 is 35.9 Å². The molecule has 6 heterocycles. The number of halogens is 2. The topological polar surface area (TPSA) is 189 Å². The molecule has 4 atom stereocenters. The van der Waals surface area contributed by atoms with Crippen LogP contribution >= 0.6 is 0 Å². The number of hydrogen-bond acceptors (Lipinski definition) is 9. The molecule has 61 heavy (non-hydrogen) atoms. The van der Waals surface area contributed by atoms with Gasteiger partial charge in [0, 0.05) is 29.6 Å². The molecule has 3 aliphatic heterocycles. The van der Waals surface area contributed by atoms with Crippen LogP contribution in [0.1, 0.15) is 77.1 Å². The molecule has 18 heteroatoms. The van der Waals surface area contributed by atoms with E-state index in [-0.39, 0.29) is 64.9 Å². The summed E-state index contributed by atoms with van der Waals surface area (Å²) in [7, 11) is 2.50. The second kappa shape index (κ2) is 16.5. The van der Waals surface area contributed by atoms with Crippen molar-refractivity contribution in [3.8, 4) is 39.5 Å². The number of aromatic amines is 2. The number of benzene rings is 2. The number of carbonyl (C=O) groups excluding carboxylic acids is 4. The van der Waals surface area contributed by atoms with Crippen LogP contribution < -0.4 is 15.4 Å². The molecule has 2 saturated heterocycles. The summed E-state index contributed by atoms with van der Waals surface area (Å²) in [6.45, 7) is 8.32. The van der Waals surface area contributed by atoms with E-state index in [1.54, 1.807) is 45.0 Å². The number of H-pyrrole nitrogens is 2. The number of alkyl carbamates (subject to hydrolysis) is 2. The molecule has 0 radical (unpaired) electrons. The van der Waals surface area contributed by atoms with Gasteiger partial charge < -0.3 is 49.2 Å². The van der Waals surface area contributed by atoms with Crippen LogP contribution in [0, 0.1) is 23.5 Å². The number of amides is 4. The maximum atomic E-state index is 16.6. The van der Waals surface area contributed by atoms with Crippen LogP contribution in [0.4, 0.5) is 18.4 Å². The zero-order valence-corrected chi connectivity index (χ0v) is 34.8. The van der Waals surface area contributed by atoms with Gasteiger partial charge in [0.05, 0.1) is 66.9 Å². The zero-order chi connectivity index (χ0) is 43.3. The molecule has 3 aliphatic rings. The molecule has 4 N–H and O–H groups in total. The molecule has 2 aromatic carbocycles. The smallest absolute Gasteiger partial charge is 0.407 e. The minimum absolute atomic E-state index is 0.00778. The Balaban J connectivity index is 1.03. The molecule has 5 aromatic rings. The van der Waals surface area contributed by atoms with Crippen molar-refractivity contribution in [3.05, 3.63) is 66.0 Å². The van der Waals surface area contributed by atoms with E-state index in [1.165, 1.54) is 20.3 Å². The molecular weight excluding hydrogens is 793 g/mol. The molecule has 0 spiro atoms. The van der Waals surface area contributed by atoms with E-state index in [1.807, 2.05) is 33.8 Å². The molecule has 322 valence electrons. The van der Waals surface area contributed by atoms with Crippen molar-refractivity contribution in [3.63, 3.8) is 0 Å². The average molecular weight is 842 g/mol. The Morgan fingerprint density at radius 1 is 0.787 bits per heavy atom. The Morgan fingerprint density at radius 3 is 1.85 bits per heavy atom. The fraction of sp³-hybridized carbons (Fsp3) is 0.442. The van der Waals surface area contributed by atoms with Crippen molar-refractivity contribution >= 4 is 34.9 Å². The van der Waals surface area contributed by atoms with Crippen molar-refractivity contribution in [2.45, 2.75) is 84.3 Å². The van der Waals surface area contributed by atoms with Crippen LogP contribution in [0.3, 0.4) is 0 Å². The number of imidazole rings is 2. The number of methoxy groups -OCH3 is 2. The highest BCUT2D eigenvalue weighted by Crippen LogP contribution is 2.45. The summed E-state index contributed by atoms with van der Waals surface area (Å²) >= 11 is 0. The second-order valence-electron chi connectivity index (χ2n) is 16.4. The molecule has 8 rings (SSSR count). The number of likely N-dealkylation sites (tertiary alicyclic amines) is 2. The number of aromatic nitrogens is 5. The van der Waals surface area contributed by atoms with Gasteiger partial charge in [-0.15, -0.1) is 0 Å². The highest BCUT2D eigenvalue weighted by Gasteiger charge is 2.39. The van der Waals surface area contributed by atoms with Crippen LogP contribution in [0.5, 0.6) is 5.75 Å². The first-order valence-corrected chi connectivity index (χ1v) is 20.5. The third-order valence-corrected chi connectivity index (χ3v) is 11.9. The number of fused-ring (bicyclic) bond motifs is 5. The first-order chi connectivity index (χ1) is 29.3. The number of rotatable bonds is 10. The maximum absolute atomic E-state index is 16.6. The van der Waals surface area contributed by atoms with E-state index in [9.17, 15) is 19.2 Å². The Hall–Kier alpha value is -6.46. The number of carbonyl (C=O) groups is 4. The lowest BCUT2D eigenvalue weighted by Gasteiger charge is -2.30. The Morgan fingerprint density at radius 2 is 1.33 bits per heavy atom. The molecular formula is C43H49F2N9O7. The number of ether oxygens (including phenoxy) is 3. The minimum atomic E-state index is -0.787. The molecule has 1 unspecified atom stereocenters. The van der Waals surface area contributed by atoms with Crippen LogP contribution in [-0.2, 0) is 25.8 Å². The van der Waals surface area contributed by atoms with Gasteiger partial charge in [-0.05, 0) is 61.8 Å². The summed E-state index contributed by atoms with van der Waals surface area (Å²) < 4.78 is 50.0. The lowest BCUT2D eigenvalue weighted by molar-refractivity contribution is -0.136. The normalized spacial score (nSPS) is 18.2. The average Bonchev–Trinajstić information content (AvgIpc) is 4.11. The molecule has 0 bridgehead atoms. The highest BCUT2D eigenvalue weighted by molar-refractivity contribution is 5.93. The summed E-state index contributed by atoms with van der Waals surface area (Å²) in [6.07, 6.45) is 4.66. The third-order valence-electron chi connectivity index (χ3n) is 11.9.